The van der Waals surface area contributed by atoms with Crippen molar-refractivity contribution in [3.8, 4) is 5.75 Å². The van der Waals surface area contributed by atoms with E-state index in [0.29, 0.717) is 11.3 Å². The molecule has 0 bridgehead atoms. The Morgan fingerprint density at radius 1 is 1.29 bits per heavy atom. The number of carbonyl (C=O) groups excluding carboxylic acids is 2. The van der Waals surface area contributed by atoms with Gasteiger partial charge in [-0.15, -0.1) is 0 Å². The number of methoxy groups -OCH3 is 1. The summed E-state index contributed by atoms with van der Waals surface area (Å²) in [5.74, 6) is 0.267. The Kier molecular flexibility index (Phi) is 5.35. The maximum atomic E-state index is 12.3. The molecule has 0 saturated heterocycles. The van der Waals surface area contributed by atoms with Gasteiger partial charge in [0.1, 0.15) is 5.75 Å². The molecule has 116 valence electrons. The molecule has 0 spiro atoms. The molecular weight excluding hydrogens is 268 g/mol. The quantitative estimate of drug-likeness (QED) is 0.923. The summed E-state index contributed by atoms with van der Waals surface area (Å²) in [7, 11) is 3.17. The molecule has 0 heterocycles. The van der Waals surface area contributed by atoms with Crippen LogP contribution in [0.25, 0.3) is 0 Å². The summed E-state index contributed by atoms with van der Waals surface area (Å²) in [6.45, 7) is 7.63. The molecule has 1 aromatic rings. The van der Waals surface area contributed by atoms with Crippen LogP contribution in [0.3, 0.4) is 0 Å². The minimum Gasteiger partial charge on any atom is -0.496 e. The van der Waals surface area contributed by atoms with Gasteiger partial charge >= 0.3 is 0 Å². The molecule has 0 aliphatic carbocycles. The van der Waals surface area contributed by atoms with E-state index in [2.05, 4.69) is 5.32 Å². The topological polar surface area (TPSA) is 58.6 Å². The van der Waals surface area contributed by atoms with Gasteiger partial charge in [0.15, 0.2) is 0 Å². The molecule has 0 fully saturated rings. The van der Waals surface area contributed by atoms with Crippen molar-refractivity contribution < 1.29 is 14.3 Å². The zero-order chi connectivity index (χ0) is 16.2. The minimum atomic E-state index is -0.311. The Balaban J connectivity index is 2.77. The van der Waals surface area contributed by atoms with Crippen LogP contribution in [0.1, 0.15) is 36.7 Å². The van der Waals surface area contributed by atoms with Crippen LogP contribution in [0.4, 0.5) is 0 Å². The third-order valence-corrected chi connectivity index (χ3v) is 2.90. The Morgan fingerprint density at radius 3 is 2.43 bits per heavy atom. The molecule has 0 unspecified atom stereocenters. The second kappa shape index (κ2) is 6.61. The van der Waals surface area contributed by atoms with Crippen LogP contribution >= 0.6 is 0 Å². The van der Waals surface area contributed by atoms with Crippen LogP contribution < -0.4 is 10.1 Å². The van der Waals surface area contributed by atoms with Gasteiger partial charge in [0.2, 0.25) is 5.91 Å². The minimum absolute atomic E-state index is 0.0201. The molecule has 0 aliphatic heterocycles. The van der Waals surface area contributed by atoms with Crippen molar-refractivity contribution >= 4 is 11.8 Å². The predicted molar refractivity (Wildman–Crippen MR) is 82.6 cm³/mol. The third-order valence-electron chi connectivity index (χ3n) is 2.90. The molecule has 0 saturated carbocycles. The normalized spacial score (nSPS) is 11.0. The molecule has 0 aliphatic rings. The number of hydrogen-bond donors (Lipinski definition) is 1. The first kappa shape index (κ1) is 17.0. The molecular formula is C16H24N2O3. The Bertz CT molecular complexity index is 533. The summed E-state index contributed by atoms with van der Waals surface area (Å²) >= 11 is 0. The molecule has 0 atom stereocenters. The molecule has 1 rings (SSSR count). The van der Waals surface area contributed by atoms with Crippen LogP contribution in [-0.4, -0.2) is 43.0 Å². The summed E-state index contributed by atoms with van der Waals surface area (Å²) in [4.78, 5) is 25.6. The number of benzene rings is 1. The van der Waals surface area contributed by atoms with Crippen molar-refractivity contribution in [3.05, 3.63) is 29.3 Å². The first-order valence-electron chi connectivity index (χ1n) is 6.85. The number of amides is 2. The van der Waals surface area contributed by atoms with Gasteiger partial charge < -0.3 is 15.0 Å². The lowest BCUT2D eigenvalue weighted by molar-refractivity contribution is -0.122. The Hall–Kier alpha value is -2.04. The van der Waals surface area contributed by atoms with Gasteiger partial charge in [-0.2, -0.15) is 0 Å². The van der Waals surface area contributed by atoms with E-state index in [1.807, 2.05) is 33.8 Å². The van der Waals surface area contributed by atoms with Gasteiger partial charge in [0.25, 0.3) is 5.91 Å². The van der Waals surface area contributed by atoms with Crippen LogP contribution in [0.15, 0.2) is 18.2 Å². The van der Waals surface area contributed by atoms with Crippen LogP contribution in [0.2, 0.25) is 0 Å². The van der Waals surface area contributed by atoms with E-state index in [4.69, 9.17) is 4.74 Å². The second-order valence-corrected chi connectivity index (χ2v) is 6.14. The van der Waals surface area contributed by atoms with E-state index in [0.717, 1.165) is 5.56 Å². The van der Waals surface area contributed by atoms with Crippen molar-refractivity contribution in [3.63, 3.8) is 0 Å². The van der Waals surface area contributed by atoms with Gasteiger partial charge in [-0.1, -0.05) is 6.07 Å². The molecule has 5 nitrogen and oxygen atoms in total. The molecule has 1 aromatic carbocycles. The average Bonchev–Trinajstić information content (AvgIpc) is 2.36. The van der Waals surface area contributed by atoms with Crippen molar-refractivity contribution in [2.45, 2.75) is 33.2 Å². The van der Waals surface area contributed by atoms with Crippen LogP contribution in [0.5, 0.6) is 5.75 Å². The number of likely N-dealkylation sites (N-methyl/N-ethyl adjacent to an activating group) is 1. The summed E-state index contributed by atoms with van der Waals surface area (Å²) in [6.07, 6.45) is 0. The molecule has 2 amide bonds. The fourth-order valence-electron chi connectivity index (χ4n) is 1.92. The first-order chi connectivity index (χ1) is 9.64. The van der Waals surface area contributed by atoms with Gasteiger partial charge in [-0.05, 0) is 45.4 Å². The maximum absolute atomic E-state index is 12.3. The van der Waals surface area contributed by atoms with Crippen LogP contribution in [0, 0.1) is 6.92 Å². The van der Waals surface area contributed by atoms with Crippen LogP contribution in [-0.2, 0) is 4.79 Å². The molecule has 1 N–H and O–H groups in total. The number of ether oxygens (including phenoxy) is 1. The highest BCUT2D eigenvalue weighted by atomic mass is 16.5. The third kappa shape index (κ3) is 5.10. The largest absolute Gasteiger partial charge is 0.496 e. The van der Waals surface area contributed by atoms with Crippen molar-refractivity contribution in [2.24, 2.45) is 0 Å². The van der Waals surface area contributed by atoms with Gasteiger partial charge in [0, 0.05) is 18.2 Å². The summed E-state index contributed by atoms with van der Waals surface area (Å²) in [6, 6.07) is 5.25. The van der Waals surface area contributed by atoms with E-state index in [-0.39, 0.29) is 23.9 Å². The smallest absolute Gasteiger partial charge is 0.254 e. The second-order valence-electron chi connectivity index (χ2n) is 6.14. The Morgan fingerprint density at radius 2 is 1.90 bits per heavy atom. The number of nitrogens with zero attached hydrogens (tertiary/aromatic N) is 1. The fourth-order valence-corrected chi connectivity index (χ4v) is 1.92. The first-order valence-corrected chi connectivity index (χ1v) is 6.85. The Labute approximate surface area is 126 Å². The van der Waals surface area contributed by atoms with Crippen molar-refractivity contribution in [1.82, 2.24) is 10.2 Å². The number of nitrogens with one attached hydrogen (secondary N) is 1. The average molecular weight is 292 g/mol. The van der Waals surface area contributed by atoms with E-state index < -0.39 is 0 Å². The highest BCUT2D eigenvalue weighted by Crippen LogP contribution is 2.19. The zero-order valence-electron chi connectivity index (χ0n) is 13.6. The number of hydrogen-bond acceptors (Lipinski definition) is 3. The van der Waals surface area contributed by atoms with Crippen molar-refractivity contribution in [2.75, 3.05) is 20.7 Å². The monoisotopic (exact) mass is 292 g/mol. The van der Waals surface area contributed by atoms with Gasteiger partial charge in [-0.3, -0.25) is 9.59 Å². The number of carbonyl (C=O) groups is 2. The number of rotatable bonds is 4. The SMILES string of the molecule is COc1cc(C(=O)N(C)CC(=O)NC(C)(C)C)ccc1C. The lowest BCUT2D eigenvalue weighted by Gasteiger charge is -2.23. The van der Waals surface area contributed by atoms with E-state index in [1.165, 1.54) is 4.90 Å². The summed E-state index contributed by atoms with van der Waals surface area (Å²) < 4.78 is 5.21. The molecule has 21 heavy (non-hydrogen) atoms. The highest BCUT2D eigenvalue weighted by molar-refractivity contribution is 5.96. The van der Waals surface area contributed by atoms with E-state index >= 15 is 0 Å². The lowest BCUT2D eigenvalue weighted by Crippen LogP contribution is -2.46. The van der Waals surface area contributed by atoms with E-state index in [9.17, 15) is 9.59 Å². The fraction of sp³-hybridized carbons (Fsp3) is 0.500. The predicted octanol–water partition coefficient (Wildman–Crippen LogP) is 1.99. The molecule has 0 aromatic heterocycles. The lowest BCUT2D eigenvalue weighted by atomic mass is 10.1. The summed E-state index contributed by atoms with van der Waals surface area (Å²) in [5, 5.41) is 2.83. The van der Waals surface area contributed by atoms with Crippen molar-refractivity contribution in [1.29, 1.82) is 0 Å². The maximum Gasteiger partial charge on any atom is 0.254 e. The van der Waals surface area contributed by atoms with E-state index in [1.54, 1.807) is 26.3 Å². The van der Waals surface area contributed by atoms with Gasteiger partial charge in [-0.25, -0.2) is 0 Å². The zero-order valence-corrected chi connectivity index (χ0v) is 13.6. The molecule has 0 radical (unpaired) electrons. The highest BCUT2D eigenvalue weighted by Gasteiger charge is 2.19. The summed E-state index contributed by atoms with van der Waals surface area (Å²) in [5.41, 5.74) is 1.15. The van der Waals surface area contributed by atoms with Gasteiger partial charge in [0.05, 0.1) is 13.7 Å². The standard InChI is InChI=1S/C16H24N2O3/c1-11-7-8-12(9-13(11)21-6)15(20)18(5)10-14(19)17-16(2,3)4/h7-9H,10H2,1-6H3,(H,17,19). The number of aryl methyl sites for hydroxylation is 1. The molecule has 5 heteroatoms.